The van der Waals surface area contributed by atoms with Crippen LogP contribution in [0.5, 0.6) is 0 Å². The highest BCUT2D eigenvalue weighted by Crippen LogP contribution is 2.42. The Labute approximate surface area is 178 Å². The van der Waals surface area contributed by atoms with Gasteiger partial charge in [0, 0.05) is 16.5 Å². The van der Waals surface area contributed by atoms with Gasteiger partial charge in [-0.2, -0.15) is 0 Å². The molecule has 0 unspecified atom stereocenters. The lowest BCUT2D eigenvalue weighted by molar-refractivity contribution is 1.42. The van der Waals surface area contributed by atoms with Gasteiger partial charge < -0.3 is 4.98 Å². The molecule has 0 atom stereocenters. The van der Waals surface area contributed by atoms with E-state index in [1.54, 1.807) is 0 Å². The summed E-state index contributed by atoms with van der Waals surface area (Å²) < 4.78 is 0. The molecule has 1 heteroatoms. The van der Waals surface area contributed by atoms with Crippen molar-refractivity contribution in [1.82, 2.24) is 4.98 Å². The van der Waals surface area contributed by atoms with E-state index in [9.17, 15) is 0 Å². The first-order chi connectivity index (χ1) is 14.6. The second kappa shape index (κ2) is 7.35. The molecular formula is C29H25N. The fourth-order valence-corrected chi connectivity index (χ4v) is 4.17. The molecule has 1 N–H and O–H groups in total. The number of rotatable bonds is 3. The lowest BCUT2D eigenvalue weighted by atomic mass is 9.92. The number of hydrogen-bond acceptors (Lipinski definition) is 0. The molecule has 146 valence electrons. The van der Waals surface area contributed by atoms with Crippen molar-refractivity contribution in [2.75, 3.05) is 0 Å². The van der Waals surface area contributed by atoms with Crippen LogP contribution in [0, 0.1) is 20.8 Å². The van der Waals surface area contributed by atoms with Crippen LogP contribution in [0.4, 0.5) is 0 Å². The molecule has 5 aromatic rings. The van der Waals surface area contributed by atoms with E-state index in [0.29, 0.717) is 0 Å². The van der Waals surface area contributed by atoms with Crippen LogP contribution in [0.1, 0.15) is 16.7 Å². The summed E-state index contributed by atoms with van der Waals surface area (Å²) in [6, 6.07) is 33.0. The highest BCUT2D eigenvalue weighted by molar-refractivity contribution is 6.11. The van der Waals surface area contributed by atoms with Crippen molar-refractivity contribution in [3.8, 4) is 33.5 Å². The van der Waals surface area contributed by atoms with Gasteiger partial charge in [0.2, 0.25) is 0 Å². The summed E-state index contributed by atoms with van der Waals surface area (Å²) in [5.41, 5.74) is 12.4. The zero-order chi connectivity index (χ0) is 20.7. The minimum absolute atomic E-state index is 1.17. The molecule has 0 spiro atoms. The summed E-state index contributed by atoms with van der Waals surface area (Å²) in [7, 11) is 0. The summed E-state index contributed by atoms with van der Waals surface area (Å²) in [4.78, 5) is 3.73. The summed E-state index contributed by atoms with van der Waals surface area (Å²) in [6.07, 6.45) is 0. The summed E-state index contributed by atoms with van der Waals surface area (Å²) in [6.45, 7) is 6.40. The van der Waals surface area contributed by atoms with Gasteiger partial charge in [0.1, 0.15) is 0 Å². The van der Waals surface area contributed by atoms with Gasteiger partial charge in [-0.1, -0.05) is 102 Å². The molecule has 1 nitrogen and oxygen atoms in total. The van der Waals surface area contributed by atoms with Crippen molar-refractivity contribution in [1.29, 1.82) is 0 Å². The number of aromatic nitrogens is 1. The zero-order valence-corrected chi connectivity index (χ0v) is 17.7. The average Bonchev–Trinajstić information content (AvgIpc) is 3.15. The third-order valence-electron chi connectivity index (χ3n) is 5.87. The molecule has 0 radical (unpaired) electrons. The fraction of sp³-hybridized carbons (Fsp3) is 0.103. The number of H-pyrrole nitrogens is 1. The second-order valence-corrected chi connectivity index (χ2v) is 8.20. The summed E-state index contributed by atoms with van der Waals surface area (Å²) >= 11 is 0. The zero-order valence-electron chi connectivity index (χ0n) is 17.7. The Bertz CT molecular complexity index is 1320. The Hall–Kier alpha value is -3.58. The number of benzene rings is 4. The SMILES string of the molecule is Cc1ccc(-c2[nH]c3cccc(-c4ccc(C)cc4)c3c2-c2ccc(C)cc2)cc1. The summed E-state index contributed by atoms with van der Waals surface area (Å²) in [5.74, 6) is 0. The van der Waals surface area contributed by atoms with Gasteiger partial charge in [-0.3, -0.25) is 0 Å². The minimum Gasteiger partial charge on any atom is -0.354 e. The van der Waals surface area contributed by atoms with Gasteiger partial charge in [0.15, 0.2) is 0 Å². The Balaban J connectivity index is 1.85. The van der Waals surface area contributed by atoms with Crippen molar-refractivity contribution < 1.29 is 0 Å². The maximum absolute atomic E-state index is 3.73. The van der Waals surface area contributed by atoms with Gasteiger partial charge in [-0.25, -0.2) is 0 Å². The number of aryl methyl sites for hydroxylation is 3. The largest absolute Gasteiger partial charge is 0.354 e. The van der Waals surface area contributed by atoms with Crippen molar-refractivity contribution in [2.24, 2.45) is 0 Å². The standard InChI is InChI=1S/C29H25N/c1-19-7-13-22(14-8-19)25-5-4-6-26-28(25)27(23-15-9-20(2)10-16-23)29(30-26)24-17-11-21(3)12-18-24/h4-18,30H,1-3H3. The number of aromatic amines is 1. The molecule has 0 saturated heterocycles. The van der Waals surface area contributed by atoms with Crippen LogP contribution in [0.2, 0.25) is 0 Å². The van der Waals surface area contributed by atoms with Crippen LogP contribution in [0.3, 0.4) is 0 Å². The molecule has 5 rings (SSSR count). The molecule has 0 aliphatic heterocycles. The molecule has 0 fully saturated rings. The minimum atomic E-state index is 1.17. The maximum Gasteiger partial charge on any atom is 0.0544 e. The van der Waals surface area contributed by atoms with E-state index in [4.69, 9.17) is 0 Å². The molecular weight excluding hydrogens is 362 g/mol. The van der Waals surface area contributed by atoms with Gasteiger partial charge in [-0.15, -0.1) is 0 Å². The van der Waals surface area contributed by atoms with Crippen LogP contribution in [0.15, 0.2) is 91.0 Å². The molecule has 0 amide bonds. The Morgan fingerprint density at radius 1 is 0.500 bits per heavy atom. The normalized spacial score (nSPS) is 11.2. The van der Waals surface area contributed by atoms with Crippen molar-refractivity contribution in [3.05, 3.63) is 108 Å². The predicted octanol–water partition coefficient (Wildman–Crippen LogP) is 8.09. The first-order valence-corrected chi connectivity index (χ1v) is 10.5. The lowest BCUT2D eigenvalue weighted by Crippen LogP contribution is -1.86. The predicted molar refractivity (Wildman–Crippen MR) is 129 cm³/mol. The number of hydrogen-bond donors (Lipinski definition) is 1. The van der Waals surface area contributed by atoms with Crippen LogP contribution in [-0.2, 0) is 0 Å². The molecule has 30 heavy (non-hydrogen) atoms. The molecule has 0 aliphatic rings. The van der Waals surface area contributed by atoms with Crippen molar-refractivity contribution >= 4 is 10.9 Å². The van der Waals surface area contributed by atoms with Crippen molar-refractivity contribution in [2.45, 2.75) is 20.8 Å². The van der Waals surface area contributed by atoms with Gasteiger partial charge >= 0.3 is 0 Å². The Morgan fingerprint density at radius 3 is 1.57 bits per heavy atom. The number of fused-ring (bicyclic) bond motifs is 1. The molecule has 1 aromatic heterocycles. The van der Waals surface area contributed by atoms with Crippen LogP contribution in [-0.4, -0.2) is 4.98 Å². The van der Waals surface area contributed by atoms with E-state index < -0.39 is 0 Å². The number of nitrogens with one attached hydrogen (secondary N) is 1. The summed E-state index contributed by atoms with van der Waals surface area (Å²) in [5, 5.41) is 1.28. The molecule has 0 bridgehead atoms. The third-order valence-corrected chi connectivity index (χ3v) is 5.87. The first kappa shape index (κ1) is 18.4. The third kappa shape index (κ3) is 3.23. The Kier molecular flexibility index (Phi) is 4.52. The fourth-order valence-electron chi connectivity index (χ4n) is 4.17. The van der Waals surface area contributed by atoms with Gasteiger partial charge in [0.05, 0.1) is 5.69 Å². The molecule has 1 heterocycles. The van der Waals surface area contributed by atoms with E-state index >= 15 is 0 Å². The maximum atomic E-state index is 3.73. The average molecular weight is 388 g/mol. The lowest BCUT2D eigenvalue weighted by Gasteiger charge is -2.10. The quantitative estimate of drug-likeness (QED) is 0.322. The van der Waals surface area contributed by atoms with Gasteiger partial charge in [0.25, 0.3) is 0 Å². The van der Waals surface area contributed by atoms with E-state index in [0.717, 1.165) is 0 Å². The molecule has 0 saturated carbocycles. The molecule has 0 aliphatic carbocycles. The van der Waals surface area contributed by atoms with E-state index in [2.05, 4.69) is 117 Å². The van der Waals surface area contributed by atoms with E-state index in [1.807, 2.05) is 0 Å². The highest BCUT2D eigenvalue weighted by atomic mass is 14.7. The van der Waals surface area contributed by atoms with Crippen LogP contribution >= 0.6 is 0 Å². The first-order valence-electron chi connectivity index (χ1n) is 10.5. The Morgan fingerprint density at radius 2 is 1.00 bits per heavy atom. The van der Waals surface area contributed by atoms with E-state index in [1.165, 1.54) is 61.1 Å². The van der Waals surface area contributed by atoms with E-state index in [-0.39, 0.29) is 0 Å². The monoisotopic (exact) mass is 387 g/mol. The highest BCUT2D eigenvalue weighted by Gasteiger charge is 2.18. The van der Waals surface area contributed by atoms with Crippen molar-refractivity contribution in [3.63, 3.8) is 0 Å². The molecule has 4 aromatic carbocycles. The van der Waals surface area contributed by atoms with Crippen LogP contribution in [0.25, 0.3) is 44.4 Å². The van der Waals surface area contributed by atoms with Gasteiger partial charge in [-0.05, 0) is 49.1 Å². The van der Waals surface area contributed by atoms with Crippen LogP contribution < -0.4 is 0 Å². The topological polar surface area (TPSA) is 15.8 Å². The second-order valence-electron chi connectivity index (χ2n) is 8.20. The smallest absolute Gasteiger partial charge is 0.0544 e.